The van der Waals surface area contributed by atoms with E-state index < -0.39 is 23.5 Å². The monoisotopic (exact) mass is 277 g/mol. The topological polar surface area (TPSA) is 66.4 Å². The molecule has 0 aromatic heterocycles. The van der Waals surface area contributed by atoms with Gasteiger partial charge in [-0.1, -0.05) is 0 Å². The molecule has 0 aliphatic carbocycles. The summed E-state index contributed by atoms with van der Waals surface area (Å²) in [5.74, 6) is -3.85. The first-order valence-electron chi connectivity index (χ1n) is 5.57. The summed E-state index contributed by atoms with van der Waals surface area (Å²) in [7, 11) is 0. The van der Waals surface area contributed by atoms with E-state index in [1.807, 2.05) is 0 Å². The zero-order valence-electron chi connectivity index (χ0n) is 10.1. The zero-order valence-corrected chi connectivity index (χ0v) is 10.1. The van der Waals surface area contributed by atoms with Crippen molar-refractivity contribution < 1.29 is 23.5 Å². The minimum absolute atomic E-state index is 0.0359. The molecule has 2 N–H and O–H groups in total. The van der Waals surface area contributed by atoms with Gasteiger partial charge >= 0.3 is 5.97 Å². The van der Waals surface area contributed by atoms with Gasteiger partial charge in [-0.05, 0) is 42.5 Å². The van der Waals surface area contributed by atoms with E-state index in [1.54, 1.807) is 0 Å². The fourth-order valence-corrected chi connectivity index (χ4v) is 1.54. The van der Waals surface area contributed by atoms with Crippen LogP contribution in [-0.2, 0) is 0 Å². The molecular weight excluding hydrogens is 268 g/mol. The lowest BCUT2D eigenvalue weighted by molar-refractivity contribution is 0.0696. The van der Waals surface area contributed by atoms with Gasteiger partial charge < -0.3 is 10.4 Å². The molecule has 0 spiro atoms. The largest absolute Gasteiger partial charge is 0.478 e. The summed E-state index contributed by atoms with van der Waals surface area (Å²) >= 11 is 0. The minimum Gasteiger partial charge on any atom is -0.478 e. The summed E-state index contributed by atoms with van der Waals surface area (Å²) in [6.07, 6.45) is 0. The summed E-state index contributed by atoms with van der Waals surface area (Å²) in [4.78, 5) is 22.4. The number of hydrogen-bond acceptors (Lipinski definition) is 2. The van der Waals surface area contributed by atoms with Crippen LogP contribution in [0.5, 0.6) is 0 Å². The van der Waals surface area contributed by atoms with Gasteiger partial charge in [0.05, 0.1) is 5.56 Å². The molecule has 0 saturated heterocycles. The third kappa shape index (κ3) is 2.97. The van der Waals surface area contributed by atoms with E-state index >= 15 is 0 Å². The first-order chi connectivity index (χ1) is 9.47. The Kier molecular flexibility index (Phi) is 3.74. The first kappa shape index (κ1) is 13.7. The van der Waals surface area contributed by atoms with E-state index in [-0.39, 0.29) is 11.1 Å². The number of carboxylic acids is 1. The number of halogens is 2. The van der Waals surface area contributed by atoms with Crippen LogP contribution < -0.4 is 5.32 Å². The SMILES string of the molecule is O=C(O)c1ccc(NC(=O)c2ccc(F)c(F)c2)cc1. The van der Waals surface area contributed by atoms with Crippen molar-refractivity contribution in [3.05, 3.63) is 65.2 Å². The van der Waals surface area contributed by atoms with E-state index in [9.17, 15) is 18.4 Å². The van der Waals surface area contributed by atoms with Crippen molar-refractivity contribution in [1.29, 1.82) is 0 Å². The third-order valence-corrected chi connectivity index (χ3v) is 2.57. The van der Waals surface area contributed by atoms with Crippen LogP contribution in [0.3, 0.4) is 0 Å². The Morgan fingerprint density at radius 2 is 1.50 bits per heavy atom. The van der Waals surface area contributed by atoms with Crippen LogP contribution in [0.1, 0.15) is 20.7 Å². The summed E-state index contributed by atoms with van der Waals surface area (Å²) < 4.78 is 25.7. The van der Waals surface area contributed by atoms with Gasteiger partial charge in [0, 0.05) is 11.3 Å². The lowest BCUT2D eigenvalue weighted by Crippen LogP contribution is -2.12. The number of carbonyl (C=O) groups is 2. The van der Waals surface area contributed by atoms with Crippen LogP contribution in [0.25, 0.3) is 0 Å². The highest BCUT2D eigenvalue weighted by atomic mass is 19.2. The maximum absolute atomic E-state index is 13.0. The molecule has 2 aromatic rings. The maximum Gasteiger partial charge on any atom is 0.335 e. The number of amides is 1. The van der Waals surface area contributed by atoms with Gasteiger partial charge in [-0.25, -0.2) is 13.6 Å². The predicted molar refractivity (Wildman–Crippen MR) is 67.7 cm³/mol. The second kappa shape index (κ2) is 5.48. The van der Waals surface area contributed by atoms with Crippen LogP contribution in [0.2, 0.25) is 0 Å². The Balaban J connectivity index is 2.14. The van der Waals surface area contributed by atoms with Gasteiger partial charge in [0.15, 0.2) is 11.6 Å². The van der Waals surface area contributed by atoms with E-state index in [4.69, 9.17) is 5.11 Å². The third-order valence-electron chi connectivity index (χ3n) is 2.57. The highest BCUT2D eigenvalue weighted by Gasteiger charge is 2.10. The molecule has 1 amide bonds. The first-order valence-corrected chi connectivity index (χ1v) is 5.57. The number of rotatable bonds is 3. The van der Waals surface area contributed by atoms with Crippen molar-refractivity contribution in [1.82, 2.24) is 0 Å². The standard InChI is InChI=1S/C14H9F2NO3/c15-11-6-3-9(7-12(11)16)13(18)17-10-4-1-8(2-5-10)14(19)20/h1-7H,(H,17,18)(H,19,20). The molecule has 0 unspecified atom stereocenters. The summed E-state index contributed by atoms with van der Waals surface area (Å²) in [6.45, 7) is 0. The van der Waals surface area contributed by atoms with E-state index in [1.165, 1.54) is 24.3 Å². The molecule has 0 saturated carbocycles. The molecule has 2 rings (SSSR count). The summed E-state index contributed by atoms with van der Waals surface area (Å²) in [6, 6.07) is 8.25. The van der Waals surface area contributed by atoms with Crippen molar-refractivity contribution in [3.63, 3.8) is 0 Å². The average Bonchev–Trinajstić information content (AvgIpc) is 2.42. The second-order valence-electron chi connectivity index (χ2n) is 3.97. The molecule has 0 bridgehead atoms. The van der Waals surface area contributed by atoms with Crippen LogP contribution in [-0.4, -0.2) is 17.0 Å². The number of carboxylic acid groups (broad SMARTS) is 1. The van der Waals surface area contributed by atoms with Crippen molar-refractivity contribution in [3.8, 4) is 0 Å². The van der Waals surface area contributed by atoms with Gasteiger partial charge in [-0.2, -0.15) is 0 Å². The molecule has 0 heterocycles. The second-order valence-corrected chi connectivity index (χ2v) is 3.97. The maximum atomic E-state index is 13.0. The van der Waals surface area contributed by atoms with E-state index in [2.05, 4.69) is 5.32 Å². The van der Waals surface area contributed by atoms with Crippen molar-refractivity contribution in [2.45, 2.75) is 0 Å². The molecule has 4 nitrogen and oxygen atoms in total. The van der Waals surface area contributed by atoms with Crippen LogP contribution in [0.4, 0.5) is 14.5 Å². The lowest BCUT2D eigenvalue weighted by atomic mass is 10.1. The minimum atomic E-state index is -1.11. The average molecular weight is 277 g/mol. The van der Waals surface area contributed by atoms with Gasteiger partial charge in [0.2, 0.25) is 0 Å². The van der Waals surface area contributed by atoms with Gasteiger partial charge in [-0.3, -0.25) is 4.79 Å². The lowest BCUT2D eigenvalue weighted by Gasteiger charge is -2.06. The van der Waals surface area contributed by atoms with Crippen LogP contribution in [0, 0.1) is 11.6 Å². The van der Waals surface area contributed by atoms with Gasteiger partial charge in [0.1, 0.15) is 0 Å². The number of hydrogen-bond donors (Lipinski definition) is 2. The molecule has 6 heteroatoms. The number of aromatic carboxylic acids is 1. The van der Waals surface area contributed by atoms with Gasteiger partial charge in [0.25, 0.3) is 5.91 Å². The Bertz CT molecular complexity index is 669. The number of nitrogens with one attached hydrogen (secondary N) is 1. The molecule has 0 aliphatic heterocycles. The highest BCUT2D eigenvalue weighted by Crippen LogP contribution is 2.13. The Hall–Kier alpha value is -2.76. The molecule has 0 radical (unpaired) electrons. The normalized spacial score (nSPS) is 10.1. The molecule has 2 aromatic carbocycles. The molecule has 0 aliphatic rings. The summed E-state index contributed by atoms with van der Waals surface area (Å²) in [5, 5.41) is 11.2. The molecule has 20 heavy (non-hydrogen) atoms. The predicted octanol–water partition coefficient (Wildman–Crippen LogP) is 2.92. The quantitative estimate of drug-likeness (QED) is 0.906. The molecular formula is C14H9F2NO3. The molecule has 0 atom stereocenters. The number of carbonyl (C=O) groups excluding carboxylic acids is 1. The Labute approximate surface area is 112 Å². The number of anilines is 1. The van der Waals surface area contributed by atoms with Crippen molar-refractivity contribution in [2.75, 3.05) is 5.32 Å². The number of benzene rings is 2. The van der Waals surface area contributed by atoms with Gasteiger partial charge in [-0.15, -0.1) is 0 Å². The fraction of sp³-hybridized carbons (Fsp3) is 0. The zero-order chi connectivity index (χ0) is 14.7. The van der Waals surface area contributed by atoms with Crippen LogP contribution in [0.15, 0.2) is 42.5 Å². The van der Waals surface area contributed by atoms with E-state index in [0.717, 1.165) is 18.2 Å². The Morgan fingerprint density at radius 1 is 0.900 bits per heavy atom. The highest BCUT2D eigenvalue weighted by molar-refractivity contribution is 6.04. The fourth-order valence-electron chi connectivity index (χ4n) is 1.54. The molecule has 0 fully saturated rings. The summed E-state index contributed by atoms with van der Waals surface area (Å²) in [5.41, 5.74) is 0.395. The Morgan fingerprint density at radius 3 is 2.05 bits per heavy atom. The van der Waals surface area contributed by atoms with E-state index in [0.29, 0.717) is 5.69 Å². The molecule has 102 valence electrons. The van der Waals surface area contributed by atoms with Crippen LogP contribution >= 0.6 is 0 Å². The smallest absolute Gasteiger partial charge is 0.335 e. The van der Waals surface area contributed by atoms with Crippen molar-refractivity contribution in [2.24, 2.45) is 0 Å². The van der Waals surface area contributed by atoms with Crippen molar-refractivity contribution >= 4 is 17.6 Å².